The molecule has 0 aliphatic heterocycles. The molecule has 0 aromatic heterocycles. The first-order valence-electron chi connectivity index (χ1n) is 0.873. The Morgan fingerprint density at radius 3 is 0.800 bits per heavy atom. The Morgan fingerprint density at radius 1 is 0.800 bits per heavy atom. The summed E-state index contributed by atoms with van der Waals surface area (Å²) in [7, 11) is 0. The first kappa shape index (κ1) is 5.59. The number of halogens is 4. The summed E-state index contributed by atoms with van der Waals surface area (Å²) in [5.41, 5.74) is 0. The van der Waals surface area contributed by atoms with Crippen LogP contribution in [0.1, 0.15) is 0 Å². The summed E-state index contributed by atoms with van der Waals surface area (Å²) in [5.74, 6) is 0. The molecule has 5 heavy (non-hydrogen) atoms. The quantitative estimate of drug-likeness (QED) is 0.506. The molecule has 0 heterocycles. The van der Waals surface area contributed by atoms with Crippen molar-refractivity contribution in [3.8, 4) is 0 Å². The number of hydrogen-bond donors (Lipinski definition) is 0. The van der Waals surface area contributed by atoms with E-state index in [0.717, 1.165) is 0 Å². The van der Waals surface area contributed by atoms with Crippen LogP contribution in [0, 0.1) is 0 Å². The second-order valence-electron chi connectivity index (χ2n) is 0.495. The van der Waals surface area contributed by atoms with Gasteiger partial charge in [-0.25, -0.2) is 0 Å². The van der Waals surface area contributed by atoms with E-state index in [0.29, 0.717) is 0 Å². The van der Waals surface area contributed by atoms with E-state index in [1.165, 1.54) is 0 Å². The van der Waals surface area contributed by atoms with Crippen molar-refractivity contribution in [2.45, 2.75) is 0 Å². The summed E-state index contributed by atoms with van der Waals surface area (Å²) >= 11 is -7.26. The van der Waals surface area contributed by atoms with E-state index in [1.807, 2.05) is 0 Å². The van der Waals surface area contributed by atoms with Crippen molar-refractivity contribution < 1.29 is 10.7 Å². The monoisotopic (exact) mass is 191 g/mol. The van der Waals surface area contributed by atoms with Gasteiger partial charge in [-0.15, -0.1) is 0 Å². The van der Waals surface area contributed by atoms with Crippen LogP contribution in [0.5, 0.6) is 0 Å². The molecule has 0 N–H and O–H groups in total. The van der Waals surface area contributed by atoms with E-state index in [4.69, 9.17) is 0 Å². The van der Waals surface area contributed by atoms with Gasteiger partial charge in [0.15, 0.2) is 0 Å². The molecule has 0 fully saturated rings. The summed E-state index contributed by atoms with van der Waals surface area (Å²) in [6.07, 6.45) is 0. The van der Waals surface area contributed by atoms with Crippen LogP contribution in [0.2, 0.25) is 0 Å². The Bertz CT molecular complexity index is 19.1. The van der Waals surface area contributed by atoms with Crippen molar-refractivity contribution in [3.05, 3.63) is 0 Å². The minimum absolute atomic E-state index is 7.26. The topological polar surface area (TPSA) is 0 Å². The van der Waals surface area contributed by atoms with Gasteiger partial charge in [0.05, 0.1) is 0 Å². The Balaban J connectivity index is 3.02. The van der Waals surface area contributed by atoms with Crippen molar-refractivity contribution in [2.75, 3.05) is 0 Å². The molecule has 0 rings (SSSR count). The van der Waals surface area contributed by atoms with Crippen molar-refractivity contribution >= 4 is 22.4 Å². The predicted molar refractivity (Wildman–Crippen MR) is 10.2 cm³/mol. The molecule has 0 atom stereocenters. The summed E-state index contributed by atoms with van der Waals surface area (Å²) < 4.78 is 39.6. The van der Waals surface area contributed by atoms with E-state index < -0.39 is 22.4 Å². The first-order valence-corrected chi connectivity index (χ1v) is 5.86. The molecule has 0 aliphatic carbocycles. The predicted octanol–water partition coefficient (Wildman–Crippen LogP) is 1.30. The number of hydrogen-bond acceptors (Lipinski definition) is 0. The maximum absolute atomic E-state index is 9.91. The normalized spacial score (nSPS) is 12.0. The van der Waals surface area contributed by atoms with Crippen LogP contribution in [0.4, 0.5) is 10.7 Å². The minimum atomic E-state index is -7.26. The molecule has 0 nitrogen and oxygen atoms in total. The average Bonchev–Trinajstić information content (AvgIpc) is 0.722. The summed E-state index contributed by atoms with van der Waals surface area (Å²) in [4.78, 5) is 0. The standard InChI is InChI=1S/4FH.In/h4*1H;/q;;;;+3/p-4. The molecule has 0 unspecified atom stereocenters. The molecule has 0 radical (unpaired) electrons. The van der Waals surface area contributed by atoms with Gasteiger partial charge < -0.3 is 0 Å². The molecule has 0 saturated heterocycles. The van der Waals surface area contributed by atoms with Crippen LogP contribution in [-0.2, 0) is 0 Å². The van der Waals surface area contributed by atoms with Gasteiger partial charge in [-0.05, 0) is 0 Å². The van der Waals surface area contributed by atoms with Crippen LogP contribution < -0.4 is 0 Å². The summed E-state index contributed by atoms with van der Waals surface area (Å²) in [6.45, 7) is 0. The fourth-order valence-electron chi connectivity index (χ4n) is 0. The molecule has 32 valence electrons. The van der Waals surface area contributed by atoms with Crippen molar-refractivity contribution in [1.82, 2.24) is 0 Å². The second kappa shape index (κ2) is 1.36. The fraction of sp³-hybridized carbons (Fsp3) is 0. The molecule has 0 bridgehead atoms. The molecule has 0 amide bonds. The van der Waals surface area contributed by atoms with Gasteiger partial charge in [-0.3, -0.25) is 0 Å². The third-order valence-electron chi connectivity index (χ3n) is 0. The zero-order valence-corrected chi connectivity index (χ0v) is 5.38. The zero-order valence-electron chi connectivity index (χ0n) is 2.09. The summed E-state index contributed by atoms with van der Waals surface area (Å²) in [6, 6.07) is 0. The van der Waals surface area contributed by atoms with Gasteiger partial charge in [-0.2, -0.15) is 0 Å². The van der Waals surface area contributed by atoms with Crippen molar-refractivity contribution in [1.29, 1.82) is 0 Å². The van der Waals surface area contributed by atoms with Gasteiger partial charge in [0.25, 0.3) is 0 Å². The van der Waals surface area contributed by atoms with Gasteiger partial charge in [0.1, 0.15) is 0 Å². The summed E-state index contributed by atoms with van der Waals surface area (Å²) in [5, 5.41) is 0. The molecule has 0 aromatic rings. The molecule has 0 spiro atoms. The average molecular weight is 191 g/mol. The Labute approximate surface area is 33.6 Å². The van der Waals surface area contributed by atoms with Crippen LogP contribution in [0.25, 0.3) is 0 Å². The first-order chi connectivity index (χ1) is 2.00. The molecular weight excluding hydrogens is 191 g/mol. The number of rotatable bonds is 0. The maximum atomic E-state index is 9.91. The van der Waals surface area contributed by atoms with E-state index in [9.17, 15) is 10.7 Å². The van der Waals surface area contributed by atoms with E-state index in [1.54, 1.807) is 0 Å². The Morgan fingerprint density at radius 2 is 0.800 bits per heavy atom. The van der Waals surface area contributed by atoms with Gasteiger partial charge in [0, 0.05) is 0 Å². The van der Waals surface area contributed by atoms with Crippen molar-refractivity contribution in [2.24, 2.45) is 0 Å². The SMILES string of the molecule is [F][In-]([F])([F])[F]. The molecular formula is F4In-. The van der Waals surface area contributed by atoms with Crippen LogP contribution in [-0.4, -0.2) is 22.4 Å². The molecule has 5 heteroatoms. The van der Waals surface area contributed by atoms with Crippen LogP contribution in [0.3, 0.4) is 0 Å². The third kappa shape index (κ3) is 88.4. The van der Waals surface area contributed by atoms with Crippen molar-refractivity contribution in [3.63, 3.8) is 0 Å². The third-order valence-corrected chi connectivity index (χ3v) is 0. The van der Waals surface area contributed by atoms with Gasteiger partial charge in [-0.1, -0.05) is 0 Å². The van der Waals surface area contributed by atoms with E-state index in [-0.39, 0.29) is 0 Å². The second-order valence-corrected chi connectivity index (χ2v) is 3.32. The van der Waals surface area contributed by atoms with Gasteiger partial charge >= 0.3 is 33.0 Å². The zero-order chi connectivity index (χ0) is 4.50. The Kier molecular flexibility index (Phi) is 1.52. The van der Waals surface area contributed by atoms with Gasteiger partial charge in [0.2, 0.25) is 0 Å². The molecule has 0 aromatic carbocycles. The Hall–Kier alpha value is 0.590. The van der Waals surface area contributed by atoms with Crippen LogP contribution >= 0.6 is 0 Å². The fourth-order valence-corrected chi connectivity index (χ4v) is 0. The van der Waals surface area contributed by atoms with E-state index in [2.05, 4.69) is 0 Å². The van der Waals surface area contributed by atoms with E-state index >= 15 is 0 Å². The van der Waals surface area contributed by atoms with Crippen LogP contribution in [0.15, 0.2) is 0 Å². The molecule has 0 saturated carbocycles. The molecule has 0 aliphatic rings.